The summed E-state index contributed by atoms with van der Waals surface area (Å²) >= 11 is 0. The van der Waals surface area contributed by atoms with E-state index in [9.17, 15) is 5.11 Å². The average molecular weight is 367 g/mol. The first-order chi connectivity index (χ1) is 12.4. The predicted octanol–water partition coefficient (Wildman–Crippen LogP) is 3.67. The standard InChI is InChI=1S/C21H35FN2O2/c1-20-10-8-17(24-26-12-11-23)19(22)16(20)4-3-13-14-5-6-18(25)21(14,2)9-7-15(13)20/h13-16,18-19,25H,3-12,23H2,1-2H3/b24-17+/t13-,14-,15-,16?,18-,19-,20+,21-/m0/s1. The highest BCUT2D eigenvalue weighted by Crippen LogP contribution is 2.66. The Balaban J connectivity index is 1.54. The highest BCUT2D eigenvalue weighted by Gasteiger charge is 2.61. The minimum Gasteiger partial charge on any atom is -0.394 e. The van der Waals surface area contributed by atoms with Crippen LogP contribution in [0.15, 0.2) is 5.16 Å². The normalized spacial score (nSPS) is 52.3. The van der Waals surface area contributed by atoms with Gasteiger partial charge in [0.15, 0.2) is 0 Å². The number of nitrogens with two attached hydrogens (primary N) is 1. The summed E-state index contributed by atoms with van der Waals surface area (Å²) in [6, 6.07) is 0. The maximum atomic E-state index is 15.3. The van der Waals surface area contributed by atoms with Gasteiger partial charge in [0.05, 0.1) is 11.8 Å². The Kier molecular flexibility index (Phi) is 4.84. The third-order valence-electron chi connectivity index (χ3n) is 8.87. The van der Waals surface area contributed by atoms with Crippen LogP contribution >= 0.6 is 0 Å². The Labute approximate surface area is 156 Å². The van der Waals surface area contributed by atoms with E-state index < -0.39 is 6.17 Å². The third kappa shape index (κ3) is 2.64. The van der Waals surface area contributed by atoms with Gasteiger partial charge in [0, 0.05) is 12.5 Å². The van der Waals surface area contributed by atoms with Crippen LogP contribution in [0.5, 0.6) is 0 Å². The SMILES string of the molecule is C[C@]12CC[C@H]3[C@@H](CCC4[C@H](F)/C(=N/OCCN)CC[C@@]43C)[C@@H]1CC[C@@H]2O. The maximum absolute atomic E-state index is 15.3. The molecule has 3 N–H and O–H groups in total. The lowest BCUT2D eigenvalue weighted by Gasteiger charge is -2.60. The van der Waals surface area contributed by atoms with Crippen molar-refractivity contribution >= 4 is 5.71 Å². The maximum Gasteiger partial charge on any atom is 0.145 e. The summed E-state index contributed by atoms with van der Waals surface area (Å²) in [7, 11) is 0. The zero-order valence-corrected chi connectivity index (χ0v) is 16.3. The Morgan fingerprint density at radius 2 is 1.81 bits per heavy atom. The largest absolute Gasteiger partial charge is 0.394 e. The fraction of sp³-hybridized carbons (Fsp3) is 0.952. The van der Waals surface area contributed by atoms with E-state index in [2.05, 4.69) is 19.0 Å². The van der Waals surface area contributed by atoms with Gasteiger partial charge < -0.3 is 15.7 Å². The lowest BCUT2D eigenvalue weighted by molar-refractivity contribution is -0.123. The molecule has 5 heteroatoms. The van der Waals surface area contributed by atoms with E-state index in [1.54, 1.807) is 0 Å². The first-order valence-electron chi connectivity index (χ1n) is 10.6. The topological polar surface area (TPSA) is 67.8 Å². The van der Waals surface area contributed by atoms with E-state index in [1.165, 1.54) is 0 Å². The van der Waals surface area contributed by atoms with Crippen LogP contribution in [0.4, 0.5) is 4.39 Å². The summed E-state index contributed by atoms with van der Waals surface area (Å²) in [4.78, 5) is 5.19. The number of halogens is 1. The van der Waals surface area contributed by atoms with Gasteiger partial charge in [-0.2, -0.15) is 0 Å². The molecule has 0 aromatic heterocycles. The number of aliphatic hydroxyl groups excluding tert-OH is 1. The smallest absolute Gasteiger partial charge is 0.145 e. The summed E-state index contributed by atoms with van der Waals surface area (Å²) in [6.45, 7) is 5.40. The van der Waals surface area contributed by atoms with Crippen LogP contribution in [-0.2, 0) is 4.84 Å². The van der Waals surface area contributed by atoms with Crippen LogP contribution < -0.4 is 5.73 Å². The fourth-order valence-electron chi connectivity index (χ4n) is 7.35. The molecule has 0 aliphatic heterocycles. The molecule has 0 bridgehead atoms. The van der Waals surface area contributed by atoms with Crippen molar-refractivity contribution in [3.05, 3.63) is 0 Å². The van der Waals surface area contributed by atoms with E-state index in [0.717, 1.165) is 44.9 Å². The quantitative estimate of drug-likeness (QED) is 0.591. The van der Waals surface area contributed by atoms with Gasteiger partial charge in [-0.3, -0.25) is 0 Å². The van der Waals surface area contributed by atoms with Gasteiger partial charge in [-0.25, -0.2) is 4.39 Å². The Hall–Kier alpha value is -0.680. The molecule has 0 aromatic rings. The van der Waals surface area contributed by atoms with Crippen molar-refractivity contribution in [1.82, 2.24) is 0 Å². The van der Waals surface area contributed by atoms with Crippen LogP contribution in [-0.4, -0.2) is 36.2 Å². The number of alkyl halides is 1. The van der Waals surface area contributed by atoms with Crippen LogP contribution in [0.2, 0.25) is 0 Å². The van der Waals surface area contributed by atoms with Crippen molar-refractivity contribution < 1.29 is 14.3 Å². The van der Waals surface area contributed by atoms with Gasteiger partial charge in [-0.15, -0.1) is 0 Å². The van der Waals surface area contributed by atoms with Crippen molar-refractivity contribution in [3.63, 3.8) is 0 Å². The van der Waals surface area contributed by atoms with Crippen molar-refractivity contribution in [2.45, 2.75) is 77.5 Å². The fourth-order valence-corrected chi connectivity index (χ4v) is 7.35. The Morgan fingerprint density at radius 1 is 1.08 bits per heavy atom. The van der Waals surface area contributed by atoms with Crippen molar-refractivity contribution in [2.75, 3.05) is 13.2 Å². The molecule has 4 aliphatic rings. The Bertz CT molecular complexity index is 570. The molecular formula is C21H35FN2O2. The van der Waals surface area contributed by atoms with Gasteiger partial charge in [0.25, 0.3) is 0 Å². The second kappa shape index (κ2) is 6.73. The van der Waals surface area contributed by atoms with E-state index in [1.807, 2.05) is 0 Å². The van der Waals surface area contributed by atoms with Crippen LogP contribution in [0.1, 0.15) is 65.2 Å². The van der Waals surface area contributed by atoms with Crippen molar-refractivity contribution in [1.29, 1.82) is 0 Å². The lowest BCUT2D eigenvalue weighted by atomic mass is 9.45. The van der Waals surface area contributed by atoms with Crippen molar-refractivity contribution in [3.8, 4) is 0 Å². The summed E-state index contributed by atoms with van der Waals surface area (Å²) in [5, 5.41) is 14.6. The van der Waals surface area contributed by atoms with Gasteiger partial charge >= 0.3 is 0 Å². The zero-order chi connectivity index (χ0) is 18.5. The minimum atomic E-state index is -0.977. The molecule has 0 heterocycles. The van der Waals surface area contributed by atoms with Gasteiger partial charge in [-0.05, 0) is 80.0 Å². The molecule has 0 saturated heterocycles. The van der Waals surface area contributed by atoms with Crippen molar-refractivity contribution in [2.24, 2.45) is 45.4 Å². The molecule has 4 fully saturated rings. The lowest BCUT2D eigenvalue weighted by Crippen LogP contribution is -2.57. The Morgan fingerprint density at radius 3 is 2.58 bits per heavy atom. The molecule has 1 unspecified atom stereocenters. The number of oxime groups is 1. The minimum absolute atomic E-state index is 0.0596. The summed E-state index contributed by atoms with van der Waals surface area (Å²) < 4.78 is 15.3. The van der Waals surface area contributed by atoms with Gasteiger partial charge in [-0.1, -0.05) is 19.0 Å². The second-order valence-electron chi connectivity index (χ2n) is 9.81. The molecule has 4 aliphatic carbocycles. The number of rotatable bonds is 3. The summed E-state index contributed by atoms with van der Waals surface area (Å²) in [5.41, 5.74) is 6.18. The summed E-state index contributed by atoms with van der Waals surface area (Å²) in [5.74, 6) is 1.93. The number of hydrogen-bond acceptors (Lipinski definition) is 4. The number of hydrogen-bond donors (Lipinski definition) is 2. The molecule has 8 atom stereocenters. The second-order valence-corrected chi connectivity index (χ2v) is 9.81. The van der Waals surface area contributed by atoms with E-state index in [-0.39, 0.29) is 22.9 Å². The molecule has 4 nitrogen and oxygen atoms in total. The van der Waals surface area contributed by atoms with Crippen LogP contribution in [0, 0.1) is 34.5 Å². The number of aliphatic hydroxyl groups is 1. The highest BCUT2D eigenvalue weighted by atomic mass is 19.1. The van der Waals surface area contributed by atoms with E-state index in [4.69, 9.17) is 10.6 Å². The first kappa shape index (κ1) is 18.7. The molecule has 4 saturated carbocycles. The van der Waals surface area contributed by atoms with E-state index in [0.29, 0.717) is 43.0 Å². The highest BCUT2D eigenvalue weighted by molar-refractivity contribution is 5.89. The monoisotopic (exact) mass is 366 g/mol. The number of nitrogens with zero attached hydrogens (tertiary/aromatic N) is 1. The van der Waals surface area contributed by atoms with Gasteiger partial charge in [0.2, 0.25) is 0 Å². The van der Waals surface area contributed by atoms with Crippen LogP contribution in [0.3, 0.4) is 0 Å². The van der Waals surface area contributed by atoms with E-state index >= 15 is 4.39 Å². The van der Waals surface area contributed by atoms with Gasteiger partial charge in [0.1, 0.15) is 12.8 Å². The predicted molar refractivity (Wildman–Crippen MR) is 100 cm³/mol. The molecule has 26 heavy (non-hydrogen) atoms. The molecule has 0 spiro atoms. The van der Waals surface area contributed by atoms with Crippen LogP contribution in [0.25, 0.3) is 0 Å². The number of fused-ring (bicyclic) bond motifs is 5. The molecule has 4 rings (SSSR count). The first-order valence-corrected chi connectivity index (χ1v) is 10.6. The summed E-state index contributed by atoms with van der Waals surface area (Å²) in [6.07, 6.45) is 6.98. The molecule has 0 radical (unpaired) electrons. The molecule has 0 aromatic carbocycles. The zero-order valence-electron chi connectivity index (χ0n) is 16.3. The molecule has 0 amide bonds. The third-order valence-corrected chi connectivity index (χ3v) is 8.87. The molecular weight excluding hydrogens is 331 g/mol. The molecule has 148 valence electrons. The average Bonchev–Trinajstić information content (AvgIpc) is 2.92.